The Morgan fingerprint density at radius 1 is 0.816 bits per heavy atom. The summed E-state index contributed by atoms with van der Waals surface area (Å²) in [6.45, 7) is 1.83. The van der Waals surface area contributed by atoms with Gasteiger partial charge in [-0.15, -0.1) is 0 Å². The molecule has 1 amide bonds. The summed E-state index contributed by atoms with van der Waals surface area (Å²) in [5, 5.41) is 4.42. The highest BCUT2D eigenvalue weighted by Crippen LogP contribution is 2.33. The molecule has 0 atom stereocenters. The van der Waals surface area contributed by atoms with Crippen LogP contribution in [0.25, 0.3) is 16.3 Å². The van der Waals surface area contributed by atoms with Gasteiger partial charge in [0.2, 0.25) is 5.91 Å². The van der Waals surface area contributed by atoms with E-state index in [0.717, 1.165) is 40.7 Å². The Morgan fingerprint density at radius 3 is 1.89 bits per heavy atom. The minimum Gasteiger partial charge on any atom is -0.322 e. The van der Waals surface area contributed by atoms with E-state index < -0.39 is 29.4 Å². The number of amides is 1. The first-order valence-electron chi connectivity index (χ1n) is 11.3. The smallest absolute Gasteiger partial charge is 0.322 e. The molecular weight excluding hydrogens is 506 g/mol. The fourth-order valence-electron chi connectivity index (χ4n) is 3.83. The number of hydrogen-bond donors (Lipinski definition) is 1. The van der Waals surface area contributed by atoms with Crippen molar-refractivity contribution in [3.8, 4) is 0 Å². The van der Waals surface area contributed by atoms with Crippen molar-refractivity contribution in [3.05, 3.63) is 125 Å². The monoisotopic (exact) mass is 526 g/mol. The molecule has 3 aromatic carbocycles. The lowest BCUT2D eigenvalue weighted by atomic mass is 9.95. The molecule has 4 aromatic rings. The Kier molecular flexibility index (Phi) is 7.39. The summed E-state index contributed by atoms with van der Waals surface area (Å²) in [5.41, 5.74) is 0.628. The van der Waals surface area contributed by atoms with E-state index in [1.807, 2.05) is 19.1 Å². The molecular formula is C29H20F6N2O. The van der Waals surface area contributed by atoms with Crippen molar-refractivity contribution in [1.29, 1.82) is 0 Å². The number of nitrogens with zero attached hydrogens (tertiary/aromatic N) is 1. The number of aromatic nitrogens is 1. The number of rotatable bonds is 5. The predicted molar refractivity (Wildman–Crippen MR) is 134 cm³/mol. The quantitative estimate of drug-likeness (QED) is 0.162. The van der Waals surface area contributed by atoms with Crippen LogP contribution in [0.2, 0.25) is 0 Å². The molecule has 0 saturated heterocycles. The Labute approximate surface area is 214 Å². The maximum Gasteiger partial charge on any atom is 0.416 e. The standard InChI is InChI=1S/C29H20F6N2O/c1-18-16-25-21(17-36-18)4-2-6-26(25)37-27(38)7-3-5-24(19-8-12-22(13-9-19)28(30,31)32)20-10-14-23(15-11-20)29(33,34)35/h2-17H,1H3,(H,37,38)/b7-3+. The number of carbonyl (C=O) groups is 1. The van der Waals surface area contributed by atoms with E-state index in [1.54, 1.807) is 18.3 Å². The lowest BCUT2D eigenvalue weighted by Crippen LogP contribution is -2.08. The normalized spacial score (nSPS) is 12.1. The van der Waals surface area contributed by atoms with Crippen LogP contribution in [0.1, 0.15) is 27.9 Å². The van der Waals surface area contributed by atoms with Crippen molar-refractivity contribution < 1.29 is 31.1 Å². The maximum atomic E-state index is 13.0. The Balaban J connectivity index is 1.64. The van der Waals surface area contributed by atoms with Crippen LogP contribution in [-0.2, 0) is 17.1 Å². The summed E-state index contributed by atoms with van der Waals surface area (Å²) in [6.07, 6.45) is -3.31. The molecule has 0 unspecified atom stereocenters. The molecule has 194 valence electrons. The SMILES string of the molecule is Cc1cc2c(NC(=O)/C=C/C=C(c3ccc(C(F)(F)F)cc3)c3ccc(C(F)(F)F)cc3)cccc2cn1. The highest BCUT2D eigenvalue weighted by molar-refractivity contribution is 6.06. The highest BCUT2D eigenvalue weighted by Gasteiger charge is 2.31. The van der Waals surface area contributed by atoms with E-state index in [2.05, 4.69) is 10.3 Å². The highest BCUT2D eigenvalue weighted by atomic mass is 19.4. The Hall–Kier alpha value is -4.40. The van der Waals surface area contributed by atoms with Gasteiger partial charge in [-0.2, -0.15) is 26.3 Å². The molecule has 0 fully saturated rings. The fraction of sp³-hybridized carbons (Fsp3) is 0.103. The number of halogens is 6. The van der Waals surface area contributed by atoms with E-state index in [0.29, 0.717) is 22.4 Å². The van der Waals surface area contributed by atoms with E-state index in [4.69, 9.17) is 0 Å². The molecule has 38 heavy (non-hydrogen) atoms. The third-order valence-electron chi connectivity index (χ3n) is 5.72. The molecule has 0 aliphatic rings. The average Bonchev–Trinajstić information content (AvgIpc) is 2.86. The number of carbonyl (C=O) groups excluding carboxylic acids is 1. The van der Waals surface area contributed by atoms with Gasteiger partial charge in [-0.3, -0.25) is 9.78 Å². The second-order valence-corrected chi connectivity index (χ2v) is 8.43. The molecule has 9 heteroatoms. The zero-order valence-electron chi connectivity index (χ0n) is 19.9. The van der Waals surface area contributed by atoms with Crippen LogP contribution in [0.15, 0.2) is 97.2 Å². The maximum absolute atomic E-state index is 13.0. The number of nitrogens with one attached hydrogen (secondary N) is 1. The zero-order chi connectivity index (χ0) is 27.5. The van der Waals surface area contributed by atoms with Crippen LogP contribution >= 0.6 is 0 Å². The first-order valence-corrected chi connectivity index (χ1v) is 11.3. The van der Waals surface area contributed by atoms with E-state index in [-0.39, 0.29) is 0 Å². The second kappa shape index (κ2) is 10.5. The first kappa shape index (κ1) is 26.7. The minimum atomic E-state index is -4.54. The molecule has 4 rings (SSSR count). The topological polar surface area (TPSA) is 42.0 Å². The summed E-state index contributed by atoms with van der Waals surface area (Å²) in [4.78, 5) is 16.8. The van der Waals surface area contributed by atoms with Crippen LogP contribution < -0.4 is 5.32 Å². The van der Waals surface area contributed by atoms with Crippen molar-refractivity contribution in [3.63, 3.8) is 0 Å². The number of anilines is 1. The zero-order valence-corrected chi connectivity index (χ0v) is 19.9. The molecule has 0 bridgehead atoms. The molecule has 0 radical (unpaired) electrons. The molecule has 1 heterocycles. The predicted octanol–water partition coefficient (Wildman–Crippen LogP) is 8.21. The number of alkyl halides is 6. The number of fused-ring (bicyclic) bond motifs is 1. The van der Waals surface area contributed by atoms with Gasteiger partial charge in [0.1, 0.15) is 0 Å². The van der Waals surface area contributed by atoms with Crippen LogP contribution in [0.5, 0.6) is 0 Å². The third-order valence-corrected chi connectivity index (χ3v) is 5.72. The average molecular weight is 526 g/mol. The van der Waals surface area contributed by atoms with E-state index in [9.17, 15) is 31.1 Å². The van der Waals surface area contributed by atoms with Gasteiger partial charge < -0.3 is 5.32 Å². The van der Waals surface area contributed by atoms with Crippen molar-refractivity contribution in [2.45, 2.75) is 19.3 Å². The minimum absolute atomic E-state index is 0.333. The molecule has 1 aromatic heterocycles. The second-order valence-electron chi connectivity index (χ2n) is 8.43. The van der Waals surface area contributed by atoms with Gasteiger partial charge in [0.15, 0.2) is 0 Å². The molecule has 0 spiro atoms. The third kappa shape index (κ3) is 6.29. The van der Waals surface area contributed by atoms with Gasteiger partial charge in [-0.25, -0.2) is 0 Å². The summed E-state index contributed by atoms with van der Waals surface area (Å²) in [7, 11) is 0. The van der Waals surface area contributed by atoms with E-state index in [1.165, 1.54) is 42.5 Å². The Bertz CT molecular complexity index is 1460. The summed E-state index contributed by atoms with van der Waals surface area (Å²) < 4.78 is 78.1. The first-order chi connectivity index (χ1) is 17.9. The fourth-order valence-corrected chi connectivity index (χ4v) is 3.83. The van der Waals surface area contributed by atoms with Crippen LogP contribution in [0.4, 0.5) is 32.0 Å². The summed E-state index contributed by atoms with van der Waals surface area (Å²) in [6, 6.07) is 15.7. The van der Waals surface area contributed by atoms with Gasteiger partial charge in [-0.1, -0.05) is 48.6 Å². The number of hydrogen-bond acceptors (Lipinski definition) is 2. The summed E-state index contributed by atoms with van der Waals surface area (Å²) in [5.74, 6) is -0.470. The molecule has 0 aliphatic carbocycles. The van der Waals surface area contributed by atoms with Gasteiger partial charge in [0, 0.05) is 34.4 Å². The number of pyridine rings is 1. The van der Waals surface area contributed by atoms with Gasteiger partial charge >= 0.3 is 12.4 Å². The van der Waals surface area contributed by atoms with Crippen molar-refractivity contribution in [2.75, 3.05) is 5.32 Å². The molecule has 0 saturated carbocycles. The number of benzene rings is 3. The van der Waals surface area contributed by atoms with Gasteiger partial charge in [0.05, 0.1) is 11.1 Å². The molecule has 0 aliphatic heterocycles. The number of aryl methyl sites for hydroxylation is 1. The Morgan fingerprint density at radius 2 is 1.37 bits per heavy atom. The van der Waals surface area contributed by atoms with Crippen molar-refractivity contribution >= 4 is 27.9 Å². The largest absolute Gasteiger partial charge is 0.416 e. The number of allylic oxidation sites excluding steroid dienone is 2. The lowest BCUT2D eigenvalue weighted by molar-refractivity contribution is -0.138. The van der Waals surface area contributed by atoms with Crippen LogP contribution in [-0.4, -0.2) is 10.9 Å². The molecule has 1 N–H and O–H groups in total. The van der Waals surface area contributed by atoms with Gasteiger partial charge in [-0.05, 0) is 60.0 Å². The van der Waals surface area contributed by atoms with Crippen molar-refractivity contribution in [2.24, 2.45) is 0 Å². The summed E-state index contributed by atoms with van der Waals surface area (Å²) >= 11 is 0. The van der Waals surface area contributed by atoms with E-state index >= 15 is 0 Å². The van der Waals surface area contributed by atoms with Crippen molar-refractivity contribution in [1.82, 2.24) is 4.98 Å². The lowest BCUT2D eigenvalue weighted by Gasteiger charge is -2.12. The molecule has 3 nitrogen and oxygen atoms in total. The van der Waals surface area contributed by atoms with Crippen LogP contribution in [0.3, 0.4) is 0 Å². The van der Waals surface area contributed by atoms with Crippen LogP contribution in [0, 0.1) is 6.92 Å². The van der Waals surface area contributed by atoms with Gasteiger partial charge in [0.25, 0.3) is 0 Å².